The van der Waals surface area contributed by atoms with E-state index in [1.807, 2.05) is 0 Å². The zero-order valence-electron chi connectivity index (χ0n) is 13.1. The number of hydrogen-bond donors (Lipinski definition) is 0. The Hall–Kier alpha value is -1.10. The smallest absolute Gasteiger partial charge is 0.320 e. The van der Waals surface area contributed by atoms with Gasteiger partial charge in [0.05, 0.1) is 13.2 Å². The molecule has 116 valence electrons. The van der Waals surface area contributed by atoms with Crippen LogP contribution in [0.15, 0.2) is 0 Å². The van der Waals surface area contributed by atoms with Gasteiger partial charge in [0, 0.05) is 5.54 Å². The molecule has 1 fully saturated rings. The summed E-state index contributed by atoms with van der Waals surface area (Å²) in [5, 5.41) is 0. The molecule has 0 N–H and O–H groups in total. The van der Waals surface area contributed by atoms with Crippen LogP contribution in [0.4, 0.5) is 0 Å². The van der Waals surface area contributed by atoms with E-state index in [1.165, 1.54) is 12.8 Å². The van der Waals surface area contributed by atoms with E-state index in [4.69, 9.17) is 9.47 Å². The van der Waals surface area contributed by atoms with E-state index in [0.29, 0.717) is 6.42 Å². The van der Waals surface area contributed by atoms with Crippen LogP contribution in [-0.2, 0) is 19.1 Å². The molecule has 1 rings (SSSR count). The average Bonchev–Trinajstić information content (AvgIpc) is 2.91. The Morgan fingerprint density at radius 2 is 1.50 bits per heavy atom. The van der Waals surface area contributed by atoms with Gasteiger partial charge in [-0.1, -0.05) is 0 Å². The second-order valence-electron chi connectivity index (χ2n) is 5.77. The first-order chi connectivity index (χ1) is 9.42. The van der Waals surface area contributed by atoms with Gasteiger partial charge < -0.3 is 9.47 Å². The molecule has 0 aromatic rings. The number of esters is 2. The molecule has 0 aliphatic carbocycles. The van der Waals surface area contributed by atoms with Gasteiger partial charge in [0.25, 0.3) is 0 Å². The molecule has 0 atom stereocenters. The highest BCUT2D eigenvalue weighted by Gasteiger charge is 2.39. The lowest BCUT2D eigenvalue weighted by Crippen LogP contribution is -2.46. The fraction of sp³-hybridized carbons (Fsp3) is 0.867. The number of ether oxygens (including phenoxy) is 2. The summed E-state index contributed by atoms with van der Waals surface area (Å²) < 4.78 is 10.0. The van der Waals surface area contributed by atoms with E-state index < -0.39 is 17.9 Å². The normalized spacial score (nSPS) is 16.4. The highest BCUT2D eigenvalue weighted by atomic mass is 16.6. The van der Waals surface area contributed by atoms with Crippen molar-refractivity contribution in [1.29, 1.82) is 0 Å². The summed E-state index contributed by atoms with van der Waals surface area (Å²) in [4.78, 5) is 26.4. The lowest BCUT2D eigenvalue weighted by molar-refractivity contribution is -0.163. The molecule has 0 saturated carbocycles. The average molecular weight is 285 g/mol. The molecule has 1 aliphatic heterocycles. The quantitative estimate of drug-likeness (QED) is 0.529. The van der Waals surface area contributed by atoms with Crippen molar-refractivity contribution >= 4 is 11.9 Å². The third-order valence-corrected chi connectivity index (χ3v) is 3.81. The fourth-order valence-electron chi connectivity index (χ4n) is 2.70. The highest BCUT2D eigenvalue weighted by molar-refractivity contribution is 5.95. The van der Waals surface area contributed by atoms with E-state index >= 15 is 0 Å². The van der Waals surface area contributed by atoms with Crippen LogP contribution >= 0.6 is 0 Å². The van der Waals surface area contributed by atoms with Gasteiger partial charge >= 0.3 is 11.9 Å². The third kappa shape index (κ3) is 4.47. The van der Waals surface area contributed by atoms with Gasteiger partial charge in [-0.15, -0.1) is 0 Å². The largest absolute Gasteiger partial charge is 0.465 e. The monoisotopic (exact) mass is 285 g/mol. The lowest BCUT2D eigenvalue weighted by Gasteiger charge is -2.37. The van der Waals surface area contributed by atoms with Crippen molar-refractivity contribution in [3.8, 4) is 0 Å². The maximum atomic E-state index is 12.0. The molecule has 1 saturated heterocycles. The molecule has 0 aromatic carbocycles. The van der Waals surface area contributed by atoms with Gasteiger partial charge in [-0.05, 0) is 60.0 Å². The highest BCUT2D eigenvalue weighted by Crippen LogP contribution is 2.28. The Bertz CT molecular complexity index is 317. The van der Waals surface area contributed by atoms with Crippen molar-refractivity contribution in [2.75, 3.05) is 26.3 Å². The topological polar surface area (TPSA) is 55.8 Å². The minimum Gasteiger partial charge on any atom is -0.465 e. The summed E-state index contributed by atoms with van der Waals surface area (Å²) in [6.07, 6.45) is 2.78. The standard InChI is InChI=1S/C15H27NO4/c1-5-19-13(17)12(14(18)20-6-2)11-15(3,4)16-9-7-8-10-16/h12H,5-11H2,1-4H3. The Morgan fingerprint density at radius 1 is 1.05 bits per heavy atom. The first kappa shape index (κ1) is 17.0. The maximum Gasteiger partial charge on any atom is 0.320 e. The van der Waals surface area contributed by atoms with E-state index in [1.54, 1.807) is 13.8 Å². The molecular formula is C15H27NO4. The van der Waals surface area contributed by atoms with Crippen molar-refractivity contribution in [3.63, 3.8) is 0 Å². The van der Waals surface area contributed by atoms with Gasteiger partial charge in [-0.3, -0.25) is 14.5 Å². The summed E-state index contributed by atoms with van der Waals surface area (Å²) in [6.45, 7) is 10.2. The first-order valence-corrected chi connectivity index (χ1v) is 7.50. The molecule has 1 heterocycles. The van der Waals surface area contributed by atoms with E-state index in [9.17, 15) is 9.59 Å². The van der Waals surface area contributed by atoms with Crippen LogP contribution < -0.4 is 0 Å². The zero-order valence-corrected chi connectivity index (χ0v) is 13.1. The molecule has 5 nitrogen and oxygen atoms in total. The Morgan fingerprint density at radius 3 is 1.90 bits per heavy atom. The van der Waals surface area contributed by atoms with Gasteiger partial charge in [0.15, 0.2) is 5.92 Å². The van der Waals surface area contributed by atoms with Gasteiger partial charge in [-0.2, -0.15) is 0 Å². The van der Waals surface area contributed by atoms with Crippen LogP contribution in [0.25, 0.3) is 0 Å². The van der Waals surface area contributed by atoms with Gasteiger partial charge in [0.1, 0.15) is 0 Å². The van der Waals surface area contributed by atoms with Crippen LogP contribution in [0, 0.1) is 5.92 Å². The van der Waals surface area contributed by atoms with Gasteiger partial charge in [-0.25, -0.2) is 0 Å². The second kappa shape index (κ2) is 7.62. The number of carbonyl (C=O) groups excluding carboxylic acids is 2. The molecule has 1 aliphatic rings. The molecule has 0 amide bonds. The van der Waals surface area contributed by atoms with Crippen LogP contribution in [0.1, 0.15) is 47.0 Å². The molecular weight excluding hydrogens is 258 g/mol. The van der Waals surface area contributed by atoms with E-state index in [-0.39, 0.29) is 18.8 Å². The second-order valence-corrected chi connectivity index (χ2v) is 5.77. The van der Waals surface area contributed by atoms with Crippen molar-refractivity contribution in [2.24, 2.45) is 5.92 Å². The van der Waals surface area contributed by atoms with E-state index in [0.717, 1.165) is 13.1 Å². The molecule has 0 radical (unpaired) electrons. The Balaban J connectivity index is 2.76. The van der Waals surface area contributed by atoms with Gasteiger partial charge in [0.2, 0.25) is 0 Å². The summed E-state index contributed by atoms with van der Waals surface area (Å²) in [5.41, 5.74) is -0.208. The summed E-state index contributed by atoms with van der Waals surface area (Å²) in [6, 6.07) is 0. The molecule has 0 bridgehead atoms. The van der Waals surface area contributed by atoms with Crippen LogP contribution in [0.5, 0.6) is 0 Å². The van der Waals surface area contributed by atoms with Crippen molar-refractivity contribution in [1.82, 2.24) is 4.90 Å². The number of rotatable bonds is 7. The summed E-state index contributed by atoms with van der Waals surface area (Å²) in [5.74, 6) is -1.78. The van der Waals surface area contributed by atoms with E-state index in [2.05, 4.69) is 18.7 Å². The van der Waals surface area contributed by atoms with Crippen LogP contribution in [0.2, 0.25) is 0 Å². The number of likely N-dealkylation sites (tertiary alicyclic amines) is 1. The third-order valence-electron chi connectivity index (χ3n) is 3.81. The molecule has 5 heteroatoms. The number of hydrogen-bond acceptors (Lipinski definition) is 5. The SMILES string of the molecule is CCOC(=O)C(CC(C)(C)N1CCCC1)C(=O)OCC. The van der Waals surface area contributed by atoms with Crippen molar-refractivity contribution in [3.05, 3.63) is 0 Å². The predicted octanol–water partition coefficient (Wildman–Crippen LogP) is 1.99. The Kier molecular flexibility index (Phi) is 6.46. The number of carbonyl (C=O) groups is 2. The fourth-order valence-corrected chi connectivity index (χ4v) is 2.70. The van der Waals surface area contributed by atoms with Crippen LogP contribution in [-0.4, -0.2) is 48.7 Å². The van der Waals surface area contributed by atoms with Crippen molar-refractivity contribution in [2.45, 2.75) is 52.5 Å². The molecule has 20 heavy (non-hydrogen) atoms. The predicted molar refractivity (Wildman–Crippen MR) is 76.3 cm³/mol. The number of nitrogens with zero attached hydrogens (tertiary/aromatic N) is 1. The maximum absolute atomic E-state index is 12.0. The molecule has 0 unspecified atom stereocenters. The van der Waals surface area contributed by atoms with Crippen molar-refractivity contribution < 1.29 is 19.1 Å². The van der Waals surface area contributed by atoms with Crippen LogP contribution in [0.3, 0.4) is 0 Å². The summed E-state index contributed by atoms with van der Waals surface area (Å²) in [7, 11) is 0. The zero-order chi connectivity index (χ0) is 15.2. The lowest BCUT2D eigenvalue weighted by atomic mass is 9.89. The first-order valence-electron chi connectivity index (χ1n) is 7.50. The molecule has 0 spiro atoms. The summed E-state index contributed by atoms with van der Waals surface area (Å²) >= 11 is 0. The Labute approximate surface area is 121 Å². The molecule has 0 aromatic heterocycles. The minimum absolute atomic E-state index is 0.208. The minimum atomic E-state index is -0.828.